The van der Waals surface area contributed by atoms with Crippen LogP contribution in [0.1, 0.15) is 47.2 Å². The molecule has 3 nitrogen and oxygen atoms in total. The molecular formula is C50H34N2OS. The minimum absolute atomic E-state index is 0.246. The maximum Gasteiger partial charge on any atom is 0.160 e. The molecule has 0 fully saturated rings. The lowest BCUT2D eigenvalue weighted by Crippen LogP contribution is -2.43. The molecule has 3 heterocycles. The Morgan fingerprint density at radius 3 is 1.76 bits per heavy atom. The highest BCUT2D eigenvalue weighted by Crippen LogP contribution is 2.61. The van der Waals surface area contributed by atoms with Gasteiger partial charge in [0, 0.05) is 53.4 Å². The van der Waals surface area contributed by atoms with Gasteiger partial charge in [0.25, 0.3) is 0 Å². The van der Waals surface area contributed by atoms with Gasteiger partial charge in [-0.1, -0.05) is 147 Å². The molecule has 54 heavy (non-hydrogen) atoms. The standard InChI is InChI=1S/C50H34N2OS/c1-49(2)36-17-7-8-18-38(36)50(39-19-9-11-21-44(39)53-45-22-12-10-20-40(45)50)41-28-32(25-27-37(41)49)43-30-42(31-14-4-3-5-15-31)51-48(52-43)33-24-26-35-34-16-6-13-23-46(34)54-47(35)29-33/h3-30H,1-2H3. The van der Waals surface area contributed by atoms with Gasteiger partial charge in [0.1, 0.15) is 11.5 Å². The van der Waals surface area contributed by atoms with E-state index in [1.165, 1.54) is 42.4 Å². The average molecular weight is 711 g/mol. The van der Waals surface area contributed by atoms with Crippen LogP contribution in [0.2, 0.25) is 0 Å². The second-order valence-electron chi connectivity index (χ2n) is 14.9. The molecule has 0 atom stereocenters. The summed E-state index contributed by atoms with van der Waals surface area (Å²) in [5, 5.41) is 2.55. The zero-order valence-corrected chi connectivity index (χ0v) is 30.7. The highest BCUT2D eigenvalue weighted by Gasteiger charge is 2.52. The molecule has 0 bridgehead atoms. The van der Waals surface area contributed by atoms with Gasteiger partial charge in [0.15, 0.2) is 5.82 Å². The molecule has 0 radical (unpaired) electrons. The van der Waals surface area contributed by atoms with Crippen molar-refractivity contribution >= 4 is 31.5 Å². The molecule has 0 N–H and O–H groups in total. The molecule has 1 aliphatic heterocycles. The summed E-state index contributed by atoms with van der Waals surface area (Å²) in [5.41, 5.74) is 11.5. The Kier molecular flexibility index (Phi) is 6.68. The van der Waals surface area contributed by atoms with E-state index in [2.05, 4.69) is 178 Å². The summed E-state index contributed by atoms with van der Waals surface area (Å²) in [5.74, 6) is 2.48. The molecule has 4 heteroatoms. The topological polar surface area (TPSA) is 35.0 Å². The lowest BCUT2D eigenvalue weighted by Gasteiger charge is -2.50. The molecule has 0 unspecified atom stereocenters. The van der Waals surface area contributed by atoms with E-state index in [1.54, 1.807) is 0 Å². The van der Waals surface area contributed by atoms with Crippen molar-refractivity contribution in [3.8, 4) is 45.4 Å². The van der Waals surface area contributed by atoms with E-state index in [1.807, 2.05) is 17.4 Å². The van der Waals surface area contributed by atoms with Crippen LogP contribution in [0.25, 0.3) is 54.1 Å². The van der Waals surface area contributed by atoms with E-state index in [0.717, 1.165) is 50.7 Å². The largest absolute Gasteiger partial charge is 0.457 e. The lowest BCUT2D eigenvalue weighted by molar-refractivity contribution is 0.425. The SMILES string of the molecule is CC1(C)c2ccccc2C2(c3ccccc3Oc3ccccc32)c2cc(-c3cc(-c4ccccc4)nc(-c4ccc5c(c4)sc4ccccc45)n3)ccc21. The number of fused-ring (bicyclic) bond motifs is 11. The number of hydrogen-bond acceptors (Lipinski definition) is 4. The van der Waals surface area contributed by atoms with Gasteiger partial charge in [-0.25, -0.2) is 9.97 Å². The summed E-state index contributed by atoms with van der Waals surface area (Å²) in [7, 11) is 0. The van der Waals surface area contributed by atoms with E-state index < -0.39 is 5.41 Å². The zero-order valence-electron chi connectivity index (χ0n) is 29.9. The number of para-hydroxylation sites is 2. The summed E-state index contributed by atoms with van der Waals surface area (Å²) >= 11 is 1.82. The minimum Gasteiger partial charge on any atom is -0.457 e. The number of ether oxygens (including phenoxy) is 1. The van der Waals surface area contributed by atoms with Crippen LogP contribution in [0, 0.1) is 0 Å². The first-order valence-electron chi connectivity index (χ1n) is 18.5. The first kappa shape index (κ1) is 31.2. The van der Waals surface area contributed by atoms with E-state index in [-0.39, 0.29) is 5.41 Å². The second-order valence-corrected chi connectivity index (χ2v) is 16.0. The molecule has 11 rings (SSSR count). The number of benzene rings is 7. The maximum absolute atomic E-state index is 6.66. The number of hydrogen-bond donors (Lipinski definition) is 0. The molecule has 9 aromatic rings. The van der Waals surface area contributed by atoms with Crippen molar-refractivity contribution < 1.29 is 4.74 Å². The highest BCUT2D eigenvalue weighted by molar-refractivity contribution is 7.25. The minimum atomic E-state index is -0.604. The third kappa shape index (κ3) is 4.41. The molecule has 256 valence electrons. The summed E-state index contributed by atoms with van der Waals surface area (Å²) in [4.78, 5) is 10.6. The van der Waals surface area contributed by atoms with Crippen molar-refractivity contribution in [2.75, 3.05) is 0 Å². The Hall–Kier alpha value is -6.36. The van der Waals surface area contributed by atoms with Crippen molar-refractivity contribution in [2.45, 2.75) is 24.7 Å². The Morgan fingerprint density at radius 2 is 1.00 bits per heavy atom. The van der Waals surface area contributed by atoms with Crippen LogP contribution in [0.5, 0.6) is 11.5 Å². The lowest BCUT2D eigenvalue weighted by atomic mass is 9.53. The molecule has 1 spiro atoms. The van der Waals surface area contributed by atoms with E-state index in [9.17, 15) is 0 Å². The fourth-order valence-electron chi connectivity index (χ4n) is 9.12. The predicted molar refractivity (Wildman–Crippen MR) is 222 cm³/mol. The number of rotatable bonds is 3. The van der Waals surface area contributed by atoms with Gasteiger partial charge in [-0.05, 0) is 58.7 Å². The monoisotopic (exact) mass is 710 g/mol. The summed E-state index contributed by atoms with van der Waals surface area (Å²) < 4.78 is 9.18. The van der Waals surface area contributed by atoms with Crippen LogP contribution in [-0.4, -0.2) is 9.97 Å². The summed E-state index contributed by atoms with van der Waals surface area (Å²) in [6, 6.07) is 61.0. The average Bonchev–Trinajstić information content (AvgIpc) is 3.60. The number of nitrogens with zero attached hydrogens (tertiary/aromatic N) is 2. The molecule has 0 saturated carbocycles. The van der Waals surface area contributed by atoms with Crippen molar-refractivity contribution in [3.63, 3.8) is 0 Å². The van der Waals surface area contributed by atoms with Crippen LogP contribution in [0.4, 0.5) is 0 Å². The van der Waals surface area contributed by atoms with Gasteiger partial charge in [0.05, 0.1) is 16.8 Å². The van der Waals surface area contributed by atoms with Crippen molar-refractivity contribution in [1.82, 2.24) is 9.97 Å². The van der Waals surface area contributed by atoms with Crippen molar-refractivity contribution in [2.24, 2.45) is 0 Å². The third-order valence-corrected chi connectivity index (χ3v) is 12.8. The van der Waals surface area contributed by atoms with Crippen LogP contribution in [0.15, 0.2) is 170 Å². The molecule has 2 aliphatic rings. The maximum atomic E-state index is 6.66. The fraction of sp³-hybridized carbons (Fsp3) is 0.0800. The van der Waals surface area contributed by atoms with E-state index in [0.29, 0.717) is 5.82 Å². The van der Waals surface area contributed by atoms with E-state index >= 15 is 0 Å². The second kappa shape index (κ2) is 11.6. The number of thiophene rings is 1. The van der Waals surface area contributed by atoms with Gasteiger partial charge in [-0.3, -0.25) is 0 Å². The quantitative estimate of drug-likeness (QED) is 0.183. The molecule has 7 aromatic carbocycles. The van der Waals surface area contributed by atoms with Gasteiger partial charge < -0.3 is 4.74 Å². The van der Waals surface area contributed by atoms with Gasteiger partial charge in [-0.15, -0.1) is 11.3 Å². The molecule has 1 aliphatic carbocycles. The highest BCUT2D eigenvalue weighted by atomic mass is 32.1. The first-order valence-corrected chi connectivity index (χ1v) is 19.3. The summed E-state index contributed by atoms with van der Waals surface area (Å²) in [6.07, 6.45) is 0. The fourth-order valence-corrected chi connectivity index (χ4v) is 10.3. The molecular weight excluding hydrogens is 677 g/mol. The van der Waals surface area contributed by atoms with Crippen molar-refractivity contribution in [3.05, 3.63) is 203 Å². The predicted octanol–water partition coefficient (Wildman–Crippen LogP) is 13.0. The van der Waals surface area contributed by atoms with Gasteiger partial charge in [0.2, 0.25) is 0 Å². The van der Waals surface area contributed by atoms with Crippen LogP contribution in [0.3, 0.4) is 0 Å². The smallest absolute Gasteiger partial charge is 0.160 e. The van der Waals surface area contributed by atoms with Crippen molar-refractivity contribution in [1.29, 1.82) is 0 Å². The van der Waals surface area contributed by atoms with Gasteiger partial charge in [-0.2, -0.15) is 0 Å². The van der Waals surface area contributed by atoms with Gasteiger partial charge >= 0.3 is 0 Å². The zero-order chi connectivity index (χ0) is 36.0. The Bertz CT molecular complexity index is 2910. The number of aromatic nitrogens is 2. The Labute approximate surface area is 318 Å². The molecule has 0 saturated heterocycles. The summed E-state index contributed by atoms with van der Waals surface area (Å²) in [6.45, 7) is 4.71. The van der Waals surface area contributed by atoms with Crippen LogP contribution in [-0.2, 0) is 10.8 Å². The van der Waals surface area contributed by atoms with E-state index in [4.69, 9.17) is 14.7 Å². The van der Waals surface area contributed by atoms with Crippen LogP contribution < -0.4 is 4.74 Å². The molecule has 2 aromatic heterocycles. The normalized spacial score (nSPS) is 14.6. The Balaban J connectivity index is 1.18. The van der Waals surface area contributed by atoms with Crippen LogP contribution >= 0.6 is 11.3 Å². The first-order chi connectivity index (χ1) is 26.5. The third-order valence-electron chi connectivity index (χ3n) is 11.6. The Morgan fingerprint density at radius 1 is 0.426 bits per heavy atom. The molecule has 0 amide bonds.